The van der Waals surface area contributed by atoms with Crippen molar-refractivity contribution in [3.05, 3.63) is 53.4 Å². The Morgan fingerprint density at radius 1 is 1.03 bits per heavy atom. The number of nitrogens with one attached hydrogen (secondary N) is 1. The SMILES string of the molecule is COc1ccc(-c2csc(NC(=O)c3ccc(S(=O)(=O)N4C[C@@H](C)C[C@H](C)C4)cc3)n2)cc1OC. The molecule has 1 saturated heterocycles. The zero-order valence-corrected chi connectivity index (χ0v) is 21.8. The molecular formula is C25H29N3O5S2. The molecule has 2 heterocycles. The quantitative estimate of drug-likeness (QED) is 0.488. The van der Waals surface area contributed by atoms with Gasteiger partial charge in [0, 0.05) is 29.6 Å². The van der Waals surface area contributed by atoms with Gasteiger partial charge in [0.25, 0.3) is 5.91 Å². The van der Waals surface area contributed by atoms with Gasteiger partial charge in [-0.15, -0.1) is 11.3 Å². The maximum absolute atomic E-state index is 13.1. The van der Waals surface area contributed by atoms with Gasteiger partial charge in [-0.3, -0.25) is 10.1 Å². The molecule has 0 saturated carbocycles. The van der Waals surface area contributed by atoms with Crippen LogP contribution in [0.4, 0.5) is 5.13 Å². The highest BCUT2D eigenvalue weighted by Gasteiger charge is 2.31. The van der Waals surface area contributed by atoms with Crippen LogP contribution in [0.3, 0.4) is 0 Å². The van der Waals surface area contributed by atoms with Crippen LogP contribution in [0, 0.1) is 11.8 Å². The highest BCUT2D eigenvalue weighted by molar-refractivity contribution is 7.89. The van der Waals surface area contributed by atoms with Crippen LogP contribution in [0.15, 0.2) is 52.7 Å². The fourth-order valence-corrected chi connectivity index (χ4v) is 6.75. The summed E-state index contributed by atoms with van der Waals surface area (Å²) in [5, 5.41) is 5.06. The van der Waals surface area contributed by atoms with E-state index in [1.54, 1.807) is 24.6 Å². The first-order valence-electron chi connectivity index (χ1n) is 11.3. The second-order valence-corrected chi connectivity index (χ2v) is 11.7. The molecule has 1 N–H and O–H groups in total. The molecule has 0 bridgehead atoms. The van der Waals surface area contributed by atoms with Gasteiger partial charge in [0.2, 0.25) is 10.0 Å². The lowest BCUT2D eigenvalue weighted by atomic mass is 9.94. The number of rotatable bonds is 7. The molecule has 0 aliphatic carbocycles. The zero-order valence-electron chi connectivity index (χ0n) is 20.1. The number of sulfonamides is 1. The fourth-order valence-electron chi connectivity index (χ4n) is 4.36. The van der Waals surface area contributed by atoms with E-state index in [2.05, 4.69) is 24.1 Å². The molecule has 2 aromatic carbocycles. The largest absolute Gasteiger partial charge is 0.493 e. The number of carbonyl (C=O) groups is 1. The van der Waals surface area contributed by atoms with Gasteiger partial charge in [-0.05, 0) is 60.7 Å². The van der Waals surface area contributed by atoms with E-state index in [1.165, 1.54) is 35.6 Å². The molecule has 35 heavy (non-hydrogen) atoms. The number of nitrogens with zero attached hydrogens (tertiary/aromatic N) is 2. The number of ether oxygens (including phenoxy) is 2. The van der Waals surface area contributed by atoms with Gasteiger partial charge >= 0.3 is 0 Å². The molecule has 1 aromatic heterocycles. The molecule has 1 aliphatic heterocycles. The maximum atomic E-state index is 13.1. The van der Waals surface area contributed by atoms with Gasteiger partial charge in [0.1, 0.15) is 0 Å². The van der Waals surface area contributed by atoms with Crippen LogP contribution in [0.25, 0.3) is 11.3 Å². The Balaban J connectivity index is 1.45. The van der Waals surface area contributed by atoms with E-state index in [0.29, 0.717) is 52.8 Å². The number of hydrogen-bond acceptors (Lipinski definition) is 7. The minimum Gasteiger partial charge on any atom is -0.493 e. The number of hydrogen-bond donors (Lipinski definition) is 1. The van der Waals surface area contributed by atoms with Gasteiger partial charge < -0.3 is 9.47 Å². The number of carbonyl (C=O) groups excluding carboxylic acids is 1. The lowest BCUT2D eigenvalue weighted by Gasteiger charge is -2.34. The number of piperidine rings is 1. The molecule has 0 radical (unpaired) electrons. The Kier molecular flexibility index (Phi) is 7.44. The average Bonchev–Trinajstić information content (AvgIpc) is 3.31. The molecule has 186 valence electrons. The molecule has 10 heteroatoms. The minimum absolute atomic E-state index is 0.195. The first kappa shape index (κ1) is 25.2. The Labute approximate surface area is 210 Å². The Morgan fingerprint density at radius 2 is 1.69 bits per heavy atom. The summed E-state index contributed by atoms with van der Waals surface area (Å²) in [4.78, 5) is 17.4. The second-order valence-electron chi connectivity index (χ2n) is 8.85. The third kappa shape index (κ3) is 5.50. The highest BCUT2D eigenvalue weighted by atomic mass is 32.2. The Morgan fingerprint density at radius 3 is 2.31 bits per heavy atom. The van der Waals surface area contributed by atoms with Gasteiger partial charge in [0.15, 0.2) is 16.6 Å². The number of anilines is 1. The zero-order chi connectivity index (χ0) is 25.2. The first-order valence-corrected chi connectivity index (χ1v) is 13.6. The van der Waals surface area contributed by atoms with Crippen molar-refractivity contribution in [2.75, 3.05) is 32.6 Å². The van der Waals surface area contributed by atoms with Crippen LogP contribution in [-0.2, 0) is 10.0 Å². The average molecular weight is 516 g/mol. The van der Waals surface area contributed by atoms with Crippen LogP contribution in [0.2, 0.25) is 0 Å². The molecule has 1 fully saturated rings. The van der Waals surface area contributed by atoms with Gasteiger partial charge in [-0.2, -0.15) is 4.31 Å². The van der Waals surface area contributed by atoms with Crippen molar-refractivity contribution in [3.8, 4) is 22.8 Å². The highest BCUT2D eigenvalue weighted by Crippen LogP contribution is 2.33. The number of aromatic nitrogens is 1. The van der Waals surface area contributed by atoms with Crippen LogP contribution >= 0.6 is 11.3 Å². The summed E-state index contributed by atoms with van der Waals surface area (Å²) < 4.78 is 38.3. The summed E-state index contributed by atoms with van der Waals surface area (Å²) in [6.45, 7) is 5.17. The van der Waals surface area contributed by atoms with E-state index in [1.807, 2.05) is 17.5 Å². The molecule has 2 atom stereocenters. The molecule has 0 unspecified atom stereocenters. The number of amides is 1. The van der Waals surface area contributed by atoms with Crippen molar-refractivity contribution in [3.63, 3.8) is 0 Å². The number of thiazole rings is 1. The monoisotopic (exact) mass is 515 g/mol. The van der Waals surface area contributed by atoms with Crippen molar-refractivity contribution in [2.24, 2.45) is 11.8 Å². The molecule has 3 aromatic rings. The van der Waals surface area contributed by atoms with E-state index >= 15 is 0 Å². The van der Waals surface area contributed by atoms with E-state index in [9.17, 15) is 13.2 Å². The lowest BCUT2D eigenvalue weighted by molar-refractivity contribution is 0.102. The smallest absolute Gasteiger partial charge is 0.257 e. The molecule has 4 rings (SSSR count). The van der Waals surface area contributed by atoms with Crippen LogP contribution in [0.1, 0.15) is 30.6 Å². The van der Waals surface area contributed by atoms with Crippen molar-refractivity contribution >= 4 is 32.4 Å². The van der Waals surface area contributed by atoms with Gasteiger partial charge in [0.05, 0.1) is 24.8 Å². The third-order valence-corrected chi connectivity index (χ3v) is 8.60. The number of benzene rings is 2. The van der Waals surface area contributed by atoms with Gasteiger partial charge in [-0.25, -0.2) is 13.4 Å². The maximum Gasteiger partial charge on any atom is 0.257 e. The van der Waals surface area contributed by atoms with E-state index in [-0.39, 0.29) is 10.8 Å². The summed E-state index contributed by atoms with van der Waals surface area (Å²) in [5.41, 5.74) is 1.88. The Bertz CT molecular complexity index is 1290. The van der Waals surface area contributed by atoms with Crippen LogP contribution in [0.5, 0.6) is 11.5 Å². The Hall–Kier alpha value is -2.95. The standard InChI is InChI=1S/C25H29N3O5S2/c1-16-11-17(2)14-28(13-16)35(30,31)20-8-5-18(6-9-20)24(29)27-25-26-21(15-34-25)19-7-10-22(32-3)23(12-19)33-4/h5-10,12,15-17H,11,13-14H2,1-4H3,(H,26,27,29)/t16-,17-/m0/s1. The van der Waals surface area contributed by atoms with Gasteiger partial charge in [-0.1, -0.05) is 13.8 Å². The first-order chi connectivity index (χ1) is 16.7. The van der Waals surface area contributed by atoms with E-state index < -0.39 is 10.0 Å². The molecule has 0 spiro atoms. The molecule has 1 amide bonds. The van der Waals surface area contributed by atoms with Crippen LogP contribution in [-0.4, -0.2) is 50.9 Å². The molecule has 1 aliphatic rings. The third-order valence-electron chi connectivity index (χ3n) is 5.99. The van der Waals surface area contributed by atoms with Crippen molar-refractivity contribution in [2.45, 2.75) is 25.2 Å². The van der Waals surface area contributed by atoms with E-state index in [0.717, 1.165) is 12.0 Å². The predicted octanol–water partition coefficient (Wildman–Crippen LogP) is 4.75. The van der Waals surface area contributed by atoms with Crippen molar-refractivity contribution in [1.29, 1.82) is 0 Å². The summed E-state index contributed by atoms with van der Waals surface area (Å²) >= 11 is 1.30. The summed E-state index contributed by atoms with van der Waals surface area (Å²) in [5.74, 6) is 1.49. The molecule has 8 nitrogen and oxygen atoms in total. The lowest BCUT2D eigenvalue weighted by Crippen LogP contribution is -2.42. The van der Waals surface area contributed by atoms with Crippen LogP contribution < -0.4 is 14.8 Å². The van der Waals surface area contributed by atoms with Crippen molar-refractivity contribution in [1.82, 2.24) is 9.29 Å². The summed E-state index contributed by atoms with van der Waals surface area (Å²) in [6.07, 6.45) is 1.02. The minimum atomic E-state index is -3.60. The predicted molar refractivity (Wildman–Crippen MR) is 137 cm³/mol. The topological polar surface area (TPSA) is 97.8 Å². The summed E-state index contributed by atoms with van der Waals surface area (Å²) in [7, 11) is -0.453. The summed E-state index contributed by atoms with van der Waals surface area (Å²) in [6, 6.07) is 11.5. The second kappa shape index (κ2) is 10.3. The fraction of sp³-hybridized carbons (Fsp3) is 0.360. The van der Waals surface area contributed by atoms with E-state index in [4.69, 9.17) is 9.47 Å². The van der Waals surface area contributed by atoms with Crippen molar-refractivity contribution < 1.29 is 22.7 Å². The molecular weight excluding hydrogens is 486 g/mol. The normalized spacial score (nSPS) is 18.7. The number of methoxy groups -OCH3 is 2.